The van der Waals surface area contributed by atoms with E-state index in [1.54, 1.807) is 0 Å². The van der Waals surface area contributed by atoms with Crippen LogP contribution in [0.25, 0.3) is 21.2 Å². The lowest BCUT2D eigenvalue weighted by Crippen LogP contribution is -1.97. The minimum absolute atomic E-state index is 1.08. The Balaban J connectivity index is 2.21. The molecule has 0 aliphatic heterocycles. The molecule has 1 aliphatic carbocycles. The average molecular weight is 222 g/mol. The third-order valence-electron chi connectivity index (χ3n) is 3.36. The topological polar surface area (TPSA) is 0 Å². The molecule has 2 aromatic carbocycles. The largest absolute Gasteiger partial charge is 0.143 e. The highest BCUT2D eigenvalue weighted by molar-refractivity contribution is 7.15. The molecule has 0 unspecified atom stereocenters. The Labute approximate surface area is 98.2 Å². The van der Waals surface area contributed by atoms with Gasteiger partial charge in [-0.3, -0.25) is 0 Å². The van der Waals surface area contributed by atoms with Crippen LogP contribution < -0.4 is 0 Å². The summed E-state index contributed by atoms with van der Waals surface area (Å²) in [5.74, 6) is 0. The van der Waals surface area contributed by atoms with E-state index in [-0.39, 0.29) is 0 Å². The lowest BCUT2D eigenvalue weighted by molar-refractivity contribution is 1.21. The monoisotopic (exact) mass is 222 g/mol. The van der Waals surface area contributed by atoms with Crippen LogP contribution in [0.15, 0.2) is 47.8 Å². The molecule has 0 spiro atoms. The van der Waals surface area contributed by atoms with Gasteiger partial charge in [-0.25, -0.2) is 0 Å². The van der Waals surface area contributed by atoms with Gasteiger partial charge in [0.15, 0.2) is 0 Å². The van der Waals surface area contributed by atoms with Crippen molar-refractivity contribution in [2.24, 2.45) is 0 Å². The van der Waals surface area contributed by atoms with Crippen molar-refractivity contribution in [1.82, 2.24) is 0 Å². The second-order valence-corrected chi connectivity index (χ2v) is 5.16. The lowest BCUT2D eigenvalue weighted by Gasteiger charge is -2.16. The highest BCUT2D eigenvalue weighted by Crippen LogP contribution is 2.43. The Morgan fingerprint density at radius 3 is 2.75 bits per heavy atom. The summed E-state index contributed by atoms with van der Waals surface area (Å²) in [4.78, 5) is 1.45. The SMILES string of the molecule is c1ccc2c(c1)Cc1cccc3csc-2c13. The van der Waals surface area contributed by atoms with E-state index in [0.29, 0.717) is 0 Å². The number of thiophene rings is 1. The molecule has 0 fully saturated rings. The van der Waals surface area contributed by atoms with Crippen molar-refractivity contribution in [3.05, 3.63) is 59.0 Å². The number of rotatable bonds is 0. The molecule has 0 saturated carbocycles. The van der Waals surface area contributed by atoms with Crippen LogP contribution in [0.2, 0.25) is 0 Å². The zero-order valence-corrected chi connectivity index (χ0v) is 9.55. The highest BCUT2D eigenvalue weighted by Gasteiger charge is 2.18. The zero-order valence-electron chi connectivity index (χ0n) is 8.73. The standard InChI is InChI=1S/C15H10S/c1-2-7-13-10(4-1)8-11-5-3-6-12-9-16-15(13)14(11)12/h1-7,9H,8H2. The summed E-state index contributed by atoms with van der Waals surface area (Å²) in [7, 11) is 0. The van der Waals surface area contributed by atoms with E-state index >= 15 is 0 Å². The predicted molar refractivity (Wildman–Crippen MR) is 70.1 cm³/mol. The Kier molecular flexibility index (Phi) is 1.58. The van der Waals surface area contributed by atoms with E-state index in [1.165, 1.54) is 32.3 Å². The first-order chi connectivity index (χ1) is 7.93. The Morgan fingerprint density at radius 1 is 0.875 bits per heavy atom. The molecule has 0 N–H and O–H groups in total. The lowest BCUT2D eigenvalue weighted by atomic mass is 9.89. The van der Waals surface area contributed by atoms with Crippen LogP contribution in [0.3, 0.4) is 0 Å². The van der Waals surface area contributed by atoms with Crippen LogP contribution in [0.1, 0.15) is 11.1 Å². The maximum Gasteiger partial charge on any atom is 0.0427 e. The maximum atomic E-state index is 2.27. The van der Waals surface area contributed by atoms with Crippen LogP contribution >= 0.6 is 11.3 Å². The van der Waals surface area contributed by atoms with Gasteiger partial charge in [-0.2, -0.15) is 0 Å². The number of fused-ring (bicyclic) bond motifs is 2. The van der Waals surface area contributed by atoms with E-state index in [2.05, 4.69) is 47.8 Å². The molecule has 0 radical (unpaired) electrons. The molecule has 76 valence electrons. The van der Waals surface area contributed by atoms with Crippen molar-refractivity contribution in [3.63, 3.8) is 0 Å². The minimum atomic E-state index is 1.08. The third kappa shape index (κ3) is 0.987. The zero-order chi connectivity index (χ0) is 10.5. The summed E-state index contributed by atoms with van der Waals surface area (Å²) in [6.07, 6.45) is 1.08. The number of hydrogen-bond donors (Lipinski definition) is 0. The Morgan fingerprint density at radius 2 is 1.75 bits per heavy atom. The van der Waals surface area contributed by atoms with Gasteiger partial charge in [0, 0.05) is 10.3 Å². The molecule has 1 heterocycles. The van der Waals surface area contributed by atoms with E-state index in [9.17, 15) is 0 Å². The van der Waals surface area contributed by atoms with Crippen molar-refractivity contribution in [1.29, 1.82) is 0 Å². The average Bonchev–Trinajstić information content (AvgIpc) is 2.76. The summed E-state index contributed by atoms with van der Waals surface area (Å²) in [6.45, 7) is 0. The van der Waals surface area contributed by atoms with Gasteiger partial charge >= 0.3 is 0 Å². The van der Waals surface area contributed by atoms with Crippen LogP contribution in [0, 0.1) is 0 Å². The Hall–Kier alpha value is -1.60. The molecular weight excluding hydrogens is 212 g/mol. The summed E-state index contributed by atoms with van der Waals surface area (Å²) >= 11 is 1.87. The van der Waals surface area contributed by atoms with Gasteiger partial charge in [-0.1, -0.05) is 42.5 Å². The van der Waals surface area contributed by atoms with Crippen LogP contribution in [0.5, 0.6) is 0 Å². The molecule has 3 aromatic rings. The van der Waals surface area contributed by atoms with Gasteiger partial charge in [0.25, 0.3) is 0 Å². The molecule has 0 saturated heterocycles. The van der Waals surface area contributed by atoms with Gasteiger partial charge in [-0.05, 0) is 33.9 Å². The van der Waals surface area contributed by atoms with E-state index in [1.807, 2.05) is 11.3 Å². The second-order valence-electron chi connectivity index (χ2n) is 4.28. The first-order valence-corrected chi connectivity index (χ1v) is 6.39. The van der Waals surface area contributed by atoms with Crippen molar-refractivity contribution in [3.8, 4) is 10.4 Å². The van der Waals surface area contributed by atoms with E-state index in [4.69, 9.17) is 0 Å². The van der Waals surface area contributed by atoms with Crippen molar-refractivity contribution in [2.75, 3.05) is 0 Å². The second kappa shape index (κ2) is 2.96. The molecule has 0 nitrogen and oxygen atoms in total. The summed E-state index contributed by atoms with van der Waals surface area (Å²) in [5.41, 5.74) is 4.37. The summed E-state index contributed by atoms with van der Waals surface area (Å²) in [6, 6.07) is 15.4. The van der Waals surface area contributed by atoms with Gasteiger partial charge < -0.3 is 0 Å². The fraction of sp³-hybridized carbons (Fsp3) is 0.0667. The fourth-order valence-corrected chi connectivity index (χ4v) is 3.76. The normalized spacial score (nSPS) is 12.8. The smallest absolute Gasteiger partial charge is 0.0427 e. The first kappa shape index (κ1) is 8.54. The molecule has 0 amide bonds. The Bertz CT molecular complexity index is 691. The minimum Gasteiger partial charge on any atom is -0.143 e. The van der Waals surface area contributed by atoms with Gasteiger partial charge in [0.1, 0.15) is 0 Å². The number of benzene rings is 2. The summed E-state index contributed by atoms with van der Waals surface area (Å²) in [5, 5.41) is 5.15. The molecule has 1 aromatic heterocycles. The summed E-state index contributed by atoms with van der Waals surface area (Å²) < 4.78 is 0. The fourth-order valence-electron chi connectivity index (χ4n) is 2.62. The molecule has 0 atom stereocenters. The molecule has 1 heteroatoms. The maximum absolute atomic E-state index is 2.27. The van der Waals surface area contributed by atoms with Gasteiger partial charge in [-0.15, -0.1) is 11.3 Å². The van der Waals surface area contributed by atoms with Gasteiger partial charge in [0.05, 0.1) is 0 Å². The van der Waals surface area contributed by atoms with Crippen LogP contribution in [-0.2, 0) is 6.42 Å². The van der Waals surface area contributed by atoms with Crippen LogP contribution in [-0.4, -0.2) is 0 Å². The molecule has 1 aliphatic rings. The van der Waals surface area contributed by atoms with E-state index in [0.717, 1.165) is 6.42 Å². The quantitative estimate of drug-likeness (QED) is 0.411. The van der Waals surface area contributed by atoms with Crippen molar-refractivity contribution in [2.45, 2.75) is 6.42 Å². The molecule has 16 heavy (non-hydrogen) atoms. The predicted octanol–water partition coefficient (Wildman–Crippen LogP) is 4.47. The number of hydrogen-bond acceptors (Lipinski definition) is 1. The molecular formula is C15H10S. The van der Waals surface area contributed by atoms with E-state index < -0.39 is 0 Å². The van der Waals surface area contributed by atoms with Crippen molar-refractivity contribution >= 4 is 22.1 Å². The molecule has 4 rings (SSSR count). The van der Waals surface area contributed by atoms with Crippen molar-refractivity contribution < 1.29 is 0 Å². The first-order valence-electron chi connectivity index (χ1n) is 5.51. The third-order valence-corrected chi connectivity index (χ3v) is 4.39. The highest BCUT2D eigenvalue weighted by atomic mass is 32.1. The van der Waals surface area contributed by atoms with Crippen LogP contribution in [0.4, 0.5) is 0 Å². The van der Waals surface area contributed by atoms with Gasteiger partial charge in [0.2, 0.25) is 0 Å². The molecule has 0 bridgehead atoms.